The average molecular weight is 270 g/mol. The largest absolute Gasteiger partial charge is 0.309 e. The second kappa shape index (κ2) is 7.45. The number of carbonyl (C=O) groups excluding carboxylic acids is 1. The van der Waals surface area contributed by atoms with Gasteiger partial charge in [0.25, 0.3) is 10.1 Å². The number of nitrogens with two attached hydrogens (primary N) is 1. The predicted octanol–water partition coefficient (Wildman–Crippen LogP) is 0.241. The van der Waals surface area contributed by atoms with Gasteiger partial charge in [-0.3, -0.25) is 14.8 Å². The van der Waals surface area contributed by atoms with Gasteiger partial charge in [0.15, 0.2) is 0 Å². The highest BCUT2D eigenvalue weighted by Gasteiger charge is 2.06. The van der Waals surface area contributed by atoms with Crippen LogP contribution in [0.15, 0.2) is 29.2 Å². The van der Waals surface area contributed by atoms with Gasteiger partial charge < -0.3 is 0 Å². The van der Waals surface area contributed by atoms with E-state index in [9.17, 15) is 13.2 Å². The van der Waals surface area contributed by atoms with Gasteiger partial charge in [-0.25, -0.2) is 5.84 Å². The van der Waals surface area contributed by atoms with Gasteiger partial charge in [-0.2, -0.15) is 8.42 Å². The van der Waals surface area contributed by atoms with E-state index in [2.05, 4.69) is 17.7 Å². The molecule has 1 aromatic rings. The van der Waals surface area contributed by atoms with Gasteiger partial charge in [0.2, 0.25) is 0 Å². The topological polar surface area (TPSA) is 109 Å². The molecule has 0 aromatic heterocycles. The maximum absolute atomic E-state index is 10.5. The molecular weight excluding hydrogens is 256 g/mol. The highest BCUT2D eigenvalue weighted by atomic mass is 32.2. The lowest BCUT2D eigenvalue weighted by Gasteiger charge is -1.95. The minimum Gasteiger partial charge on any atom is -0.283 e. The third kappa shape index (κ3) is 6.65. The molecule has 0 saturated heterocycles. The van der Waals surface area contributed by atoms with Crippen molar-refractivity contribution >= 4 is 16.0 Å². The summed E-state index contributed by atoms with van der Waals surface area (Å²) in [5, 5.41) is 0. The molecule has 98 valence electrons. The Kier molecular flexibility index (Phi) is 6.67. The molecule has 1 rings (SSSR count). The first kappa shape index (κ1) is 16.1. The van der Waals surface area contributed by atoms with E-state index in [1.54, 1.807) is 19.1 Å². The summed E-state index contributed by atoms with van der Waals surface area (Å²) in [5.41, 5.74) is 2.81. The van der Waals surface area contributed by atoms with Crippen LogP contribution >= 0.6 is 0 Å². The highest BCUT2D eigenvalue weighted by molar-refractivity contribution is 7.85. The predicted molar refractivity (Wildman–Crippen MR) is 66.8 cm³/mol. The lowest BCUT2D eigenvalue weighted by atomic mass is 10.2. The molecule has 0 atom stereocenters. The lowest BCUT2D eigenvalue weighted by molar-refractivity contribution is -0.115. The van der Waals surface area contributed by atoms with Crippen LogP contribution in [0.4, 0.5) is 0 Å². The summed E-state index contributed by atoms with van der Waals surface area (Å²) in [6, 6.07) is 5.99. The van der Waals surface area contributed by atoms with E-state index < -0.39 is 16.0 Å². The average Bonchev–Trinajstić information content (AvgIpc) is 2.29. The van der Waals surface area contributed by atoms with Crippen molar-refractivity contribution in [1.29, 1.82) is 0 Å². The number of benzene rings is 1. The summed E-state index contributed by atoms with van der Waals surface area (Å²) in [4.78, 5) is 9.94. The molecule has 0 fully saturated rings. The molecule has 18 heavy (non-hydrogen) atoms. The number of carbonyl (C=O) groups is 1. The lowest BCUT2D eigenvalue weighted by Crippen LogP contribution is -2.28. The molecule has 6 nitrogen and oxygen atoms in total. The first-order valence-electron chi connectivity index (χ1n) is 4.78. The zero-order chi connectivity index (χ0) is 14.2. The van der Waals surface area contributed by atoms with Crippen molar-refractivity contribution in [2.45, 2.75) is 18.7 Å². The fraction of sp³-hybridized carbons (Fsp3) is 0.182. The summed E-state index contributed by atoms with van der Waals surface area (Å²) < 4.78 is 29.6. The van der Waals surface area contributed by atoms with Crippen molar-refractivity contribution in [2.75, 3.05) is 0 Å². The molecule has 0 spiro atoms. The molecule has 7 heteroatoms. The fourth-order valence-corrected chi connectivity index (χ4v) is 1.34. The van der Waals surface area contributed by atoms with Crippen molar-refractivity contribution in [3.63, 3.8) is 0 Å². The number of hydrogen-bond donors (Lipinski definition) is 3. The number of nitrogens with one attached hydrogen (secondary N) is 1. The Labute approximate surface area is 106 Å². The van der Waals surface area contributed by atoms with Gasteiger partial charge >= 0.3 is 5.91 Å². The Morgan fingerprint density at radius 1 is 1.33 bits per heavy atom. The zero-order valence-corrected chi connectivity index (χ0v) is 10.8. The summed E-state index contributed by atoms with van der Waals surface area (Å²) in [5.74, 6) is 8.75. The van der Waals surface area contributed by atoms with Gasteiger partial charge in [-0.15, -0.1) is 0 Å². The Balaban J connectivity index is 0.000000360. The first-order valence-corrected chi connectivity index (χ1v) is 6.22. The molecule has 1 amide bonds. The quantitative estimate of drug-likeness (QED) is 0.223. The van der Waals surface area contributed by atoms with Crippen LogP contribution in [0.25, 0.3) is 0 Å². The van der Waals surface area contributed by atoms with Crippen LogP contribution < -0.4 is 11.3 Å². The van der Waals surface area contributed by atoms with Gasteiger partial charge in [-0.1, -0.05) is 23.6 Å². The third-order valence-electron chi connectivity index (χ3n) is 1.69. The Morgan fingerprint density at radius 3 is 2.11 bits per heavy atom. The van der Waals surface area contributed by atoms with Crippen molar-refractivity contribution < 1.29 is 17.8 Å². The van der Waals surface area contributed by atoms with Crippen LogP contribution in [-0.4, -0.2) is 18.9 Å². The van der Waals surface area contributed by atoms with E-state index in [1.165, 1.54) is 12.1 Å². The van der Waals surface area contributed by atoms with Crippen molar-refractivity contribution in [3.05, 3.63) is 29.8 Å². The molecule has 0 aliphatic rings. The van der Waals surface area contributed by atoms with Gasteiger partial charge in [0, 0.05) is 0 Å². The third-order valence-corrected chi connectivity index (χ3v) is 2.56. The van der Waals surface area contributed by atoms with Crippen LogP contribution in [-0.2, 0) is 14.9 Å². The molecule has 4 N–H and O–H groups in total. The molecule has 0 aliphatic heterocycles. The molecular formula is C11H14N2O4S. The summed E-state index contributed by atoms with van der Waals surface area (Å²) in [7, 11) is -4.02. The zero-order valence-electron chi connectivity index (χ0n) is 9.97. The maximum atomic E-state index is 10.5. The number of hydrazine groups is 1. The molecule has 0 radical (unpaired) electrons. The van der Waals surface area contributed by atoms with Gasteiger partial charge in [0.05, 0.1) is 4.90 Å². The maximum Gasteiger partial charge on any atom is 0.309 e. The number of aryl methyl sites for hydroxylation is 1. The van der Waals surface area contributed by atoms with Crippen LogP contribution in [0, 0.1) is 18.8 Å². The summed E-state index contributed by atoms with van der Waals surface area (Å²) >= 11 is 0. The van der Waals surface area contributed by atoms with Crippen molar-refractivity contribution in [1.82, 2.24) is 5.43 Å². The number of amides is 1. The molecule has 1 aromatic carbocycles. The van der Waals surface area contributed by atoms with E-state index in [0.29, 0.717) is 0 Å². The fourth-order valence-electron chi connectivity index (χ4n) is 0.860. The van der Waals surface area contributed by atoms with Gasteiger partial charge in [-0.05, 0) is 31.9 Å². The standard InChI is InChI=1S/C7H8O3S.C4H6N2O/c1-6-2-4-7(5-3-6)11(8,9)10;1-2-3-4(7)6-5/h2-5H,1H3,(H,8,9,10);5H2,1H3,(H,6,7). The van der Waals surface area contributed by atoms with E-state index in [1.807, 2.05) is 12.3 Å². The molecule has 0 saturated carbocycles. The molecule has 0 heterocycles. The van der Waals surface area contributed by atoms with Crippen molar-refractivity contribution in [3.8, 4) is 11.8 Å². The molecule has 0 bridgehead atoms. The highest BCUT2D eigenvalue weighted by Crippen LogP contribution is 2.08. The minimum atomic E-state index is -4.02. The minimum absolute atomic E-state index is 0.0666. The van der Waals surface area contributed by atoms with Crippen LogP contribution in [0.1, 0.15) is 12.5 Å². The normalized spacial score (nSPS) is 9.33. The number of rotatable bonds is 1. The Hall–Kier alpha value is -1.88. The SMILES string of the molecule is CC#CC(=O)NN.Cc1ccc(S(=O)(=O)O)cc1. The monoisotopic (exact) mass is 270 g/mol. The molecule has 0 unspecified atom stereocenters. The van der Waals surface area contributed by atoms with E-state index in [0.717, 1.165) is 5.56 Å². The van der Waals surface area contributed by atoms with Crippen molar-refractivity contribution in [2.24, 2.45) is 5.84 Å². The second-order valence-corrected chi connectivity index (χ2v) is 4.56. The Morgan fingerprint density at radius 2 is 1.83 bits per heavy atom. The van der Waals surface area contributed by atoms with E-state index in [4.69, 9.17) is 4.55 Å². The van der Waals surface area contributed by atoms with Crippen LogP contribution in [0.2, 0.25) is 0 Å². The number of hydrogen-bond acceptors (Lipinski definition) is 4. The Bertz CT molecular complexity index is 553. The van der Waals surface area contributed by atoms with Crippen LogP contribution in [0.3, 0.4) is 0 Å². The smallest absolute Gasteiger partial charge is 0.283 e. The van der Waals surface area contributed by atoms with Gasteiger partial charge in [0.1, 0.15) is 0 Å². The summed E-state index contributed by atoms with van der Waals surface area (Å²) in [6.07, 6.45) is 0. The van der Waals surface area contributed by atoms with E-state index in [-0.39, 0.29) is 4.90 Å². The van der Waals surface area contributed by atoms with E-state index >= 15 is 0 Å². The van der Waals surface area contributed by atoms with Crippen LogP contribution in [0.5, 0.6) is 0 Å². The summed E-state index contributed by atoms with van der Waals surface area (Å²) in [6.45, 7) is 3.41. The second-order valence-electron chi connectivity index (χ2n) is 3.14. The first-order chi connectivity index (χ1) is 8.31. The molecule has 0 aliphatic carbocycles.